The van der Waals surface area contributed by atoms with Gasteiger partial charge in [0.2, 0.25) is 10.0 Å². The minimum absolute atomic E-state index is 0.292. The van der Waals surface area contributed by atoms with Gasteiger partial charge in [-0.05, 0) is 48.7 Å². The molecular weight excluding hydrogens is 422 g/mol. The van der Waals surface area contributed by atoms with Crippen molar-refractivity contribution in [3.8, 4) is 10.6 Å². The Hall–Kier alpha value is -3.24. The van der Waals surface area contributed by atoms with Crippen LogP contribution >= 0.6 is 11.3 Å². The van der Waals surface area contributed by atoms with Crippen LogP contribution in [-0.4, -0.2) is 35.3 Å². The lowest BCUT2D eigenvalue weighted by atomic mass is 10.1. The number of carbonyl (C=O) groups is 1. The number of sulfonamides is 1. The molecule has 0 atom stereocenters. The fraction of sp³-hybridized carbons (Fsp3) is 0.150. The Morgan fingerprint density at radius 1 is 1.17 bits per heavy atom. The number of hydrogen-bond acceptors (Lipinski definition) is 6. The zero-order chi connectivity index (χ0) is 21.3. The lowest BCUT2D eigenvalue weighted by molar-refractivity contribution is 0.102. The molecule has 1 aromatic carbocycles. The van der Waals surface area contributed by atoms with E-state index in [1.807, 2.05) is 24.4 Å². The molecule has 0 fully saturated rings. The second-order valence-electron chi connectivity index (χ2n) is 6.64. The van der Waals surface area contributed by atoms with E-state index in [2.05, 4.69) is 15.1 Å². The predicted octanol–water partition coefficient (Wildman–Crippen LogP) is 3.80. The molecule has 10 heteroatoms. The summed E-state index contributed by atoms with van der Waals surface area (Å²) in [5.41, 5.74) is 2.81. The number of fused-ring (bicyclic) bond motifs is 1. The van der Waals surface area contributed by atoms with E-state index >= 15 is 0 Å². The normalized spacial score (nSPS) is 11.5. The number of aromatic nitrogens is 3. The highest BCUT2D eigenvalue weighted by molar-refractivity contribution is 7.92. The molecule has 0 saturated carbocycles. The second-order valence-corrected chi connectivity index (χ2v) is 9.33. The SMILES string of the molecule is CCn1ncc2c(C(=O)Nc3ccc(NS(C)(=O)=O)cc3)cc(-c3cccs3)nc21. The van der Waals surface area contributed by atoms with E-state index in [0.717, 1.165) is 11.1 Å². The maximum atomic E-state index is 13.1. The summed E-state index contributed by atoms with van der Waals surface area (Å²) in [5, 5.41) is 9.84. The van der Waals surface area contributed by atoms with Gasteiger partial charge in [0.25, 0.3) is 5.91 Å². The third-order valence-electron chi connectivity index (χ3n) is 4.37. The number of aryl methyl sites for hydroxylation is 1. The highest BCUT2D eigenvalue weighted by Crippen LogP contribution is 2.28. The van der Waals surface area contributed by atoms with Gasteiger partial charge in [0.1, 0.15) is 0 Å². The number of amides is 1. The molecule has 0 saturated heterocycles. The monoisotopic (exact) mass is 441 g/mol. The Morgan fingerprint density at radius 2 is 1.90 bits per heavy atom. The Balaban J connectivity index is 1.68. The first kappa shape index (κ1) is 20.0. The molecule has 0 aliphatic heterocycles. The standard InChI is InChI=1S/C20H19N5O3S2/c1-3-25-19-16(12-21-25)15(11-17(23-19)18-5-4-10-29-18)20(26)22-13-6-8-14(9-7-13)24-30(2,27)28/h4-12,24H,3H2,1-2H3,(H,22,26). The van der Waals surface area contributed by atoms with Crippen molar-refractivity contribution < 1.29 is 13.2 Å². The molecule has 0 spiro atoms. The van der Waals surface area contributed by atoms with Gasteiger partial charge in [0, 0.05) is 17.9 Å². The number of nitrogens with one attached hydrogen (secondary N) is 2. The molecule has 0 bridgehead atoms. The molecule has 154 valence electrons. The fourth-order valence-corrected chi connectivity index (χ4v) is 4.30. The number of anilines is 2. The Morgan fingerprint density at radius 3 is 2.53 bits per heavy atom. The summed E-state index contributed by atoms with van der Waals surface area (Å²) < 4.78 is 26.8. The van der Waals surface area contributed by atoms with E-state index < -0.39 is 10.0 Å². The van der Waals surface area contributed by atoms with Gasteiger partial charge in [-0.3, -0.25) is 9.52 Å². The molecule has 0 aliphatic carbocycles. The third-order valence-corrected chi connectivity index (χ3v) is 5.87. The molecule has 4 rings (SSSR count). The van der Waals surface area contributed by atoms with Gasteiger partial charge in [-0.2, -0.15) is 5.10 Å². The van der Waals surface area contributed by atoms with Crippen LogP contribution in [0.25, 0.3) is 21.6 Å². The first-order valence-electron chi connectivity index (χ1n) is 9.13. The van der Waals surface area contributed by atoms with Crippen LogP contribution in [0.4, 0.5) is 11.4 Å². The third kappa shape index (κ3) is 4.19. The van der Waals surface area contributed by atoms with Crippen molar-refractivity contribution in [2.24, 2.45) is 0 Å². The van der Waals surface area contributed by atoms with Crippen LogP contribution < -0.4 is 10.0 Å². The van der Waals surface area contributed by atoms with Gasteiger partial charge >= 0.3 is 0 Å². The Kier molecular flexibility index (Phi) is 5.27. The summed E-state index contributed by atoms with van der Waals surface area (Å²) in [6.07, 6.45) is 2.73. The van der Waals surface area contributed by atoms with Crippen LogP contribution in [0, 0.1) is 0 Å². The summed E-state index contributed by atoms with van der Waals surface area (Å²) in [6, 6.07) is 12.1. The Labute approximate surface area is 177 Å². The van der Waals surface area contributed by atoms with Gasteiger partial charge in [0.15, 0.2) is 5.65 Å². The van der Waals surface area contributed by atoms with E-state index in [-0.39, 0.29) is 5.91 Å². The number of hydrogen-bond donors (Lipinski definition) is 2. The topological polar surface area (TPSA) is 106 Å². The van der Waals surface area contributed by atoms with E-state index in [1.165, 1.54) is 0 Å². The summed E-state index contributed by atoms with van der Waals surface area (Å²) >= 11 is 1.55. The largest absolute Gasteiger partial charge is 0.322 e. The average Bonchev–Trinajstić information content (AvgIpc) is 3.37. The molecule has 30 heavy (non-hydrogen) atoms. The number of thiophene rings is 1. The van der Waals surface area contributed by atoms with Crippen LogP contribution in [-0.2, 0) is 16.6 Å². The minimum Gasteiger partial charge on any atom is -0.322 e. The van der Waals surface area contributed by atoms with Crippen molar-refractivity contribution in [1.82, 2.24) is 14.8 Å². The van der Waals surface area contributed by atoms with Crippen molar-refractivity contribution in [2.45, 2.75) is 13.5 Å². The van der Waals surface area contributed by atoms with Crippen LogP contribution in [0.1, 0.15) is 17.3 Å². The Bertz CT molecular complexity index is 1310. The van der Waals surface area contributed by atoms with Crippen molar-refractivity contribution in [1.29, 1.82) is 0 Å². The van der Waals surface area contributed by atoms with Gasteiger partial charge in [-0.25, -0.2) is 18.1 Å². The maximum absolute atomic E-state index is 13.1. The molecule has 1 amide bonds. The van der Waals surface area contributed by atoms with E-state index in [0.29, 0.717) is 40.2 Å². The van der Waals surface area contributed by atoms with Crippen LogP contribution in [0.2, 0.25) is 0 Å². The number of nitrogens with zero attached hydrogens (tertiary/aromatic N) is 3. The lowest BCUT2D eigenvalue weighted by Gasteiger charge is -2.10. The number of rotatable bonds is 6. The molecule has 3 heterocycles. The number of benzene rings is 1. The zero-order valence-electron chi connectivity index (χ0n) is 16.3. The van der Waals surface area contributed by atoms with Gasteiger partial charge in [-0.15, -0.1) is 11.3 Å². The van der Waals surface area contributed by atoms with E-state index in [1.54, 1.807) is 52.5 Å². The molecule has 2 N–H and O–H groups in total. The summed E-state index contributed by atoms with van der Waals surface area (Å²) in [7, 11) is -3.36. The van der Waals surface area contributed by atoms with E-state index in [4.69, 9.17) is 4.98 Å². The maximum Gasteiger partial charge on any atom is 0.256 e. The first-order valence-corrected chi connectivity index (χ1v) is 11.9. The smallest absolute Gasteiger partial charge is 0.256 e. The summed E-state index contributed by atoms with van der Waals surface area (Å²) in [5.74, 6) is -0.292. The first-order chi connectivity index (χ1) is 14.3. The summed E-state index contributed by atoms with van der Waals surface area (Å²) in [4.78, 5) is 18.8. The van der Waals surface area contributed by atoms with Gasteiger partial charge in [-0.1, -0.05) is 6.07 Å². The number of pyridine rings is 1. The van der Waals surface area contributed by atoms with Crippen molar-refractivity contribution >= 4 is 49.7 Å². The summed E-state index contributed by atoms with van der Waals surface area (Å²) in [6.45, 7) is 2.61. The molecule has 0 unspecified atom stereocenters. The zero-order valence-corrected chi connectivity index (χ0v) is 17.9. The highest BCUT2D eigenvalue weighted by atomic mass is 32.2. The van der Waals surface area contributed by atoms with Crippen molar-refractivity contribution in [3.05, 3.63) is 59.6 Å². The second kappa shape index (κ2) is 7.88. The predicted molar refractivity (Wildman–Crippen MR) is 119 cm³/mol. The molecule has 8 nitrogen and oxygen atoms in total. The molecular formula is C20H19N5O3S2. The molecule has 0 aliphatic rings. The molecule has 4 aromatic rings. The van der Waals surface area contributed by atoms with Crippen molar-refractivity contribution in [2.75, 3.05) is 16.3 Å². The average molecular weight is 442 g/mol. The quantitative estimate of drug-likeness (QED) is 0.473. The van der Waals surface area contributed by atoms with Gasteiger partial charge < -0.3 is 5.32 Å². The van der Waals surface area contributed by atoms with Crippen LogP contribution in [0.15, 0.2) is 54.0 Å². The van der Waals surface area contributed by atoms with Crippen molar-refractivity contribution in [3.63, 3.8) is 0 Å². The highest BCUT2D eigenvalue weighted by Gasteiger charge is 2.18. The van der Waals surface area contributed by atoms with Crippen LogP contribution in [0.3, 0.4) is 0 Å². The van der Waals surface area contributed by atoms with Gasteiger partial charge in [0.05, 0.1) is 34.0 Å². The molecule has 3 aromatic heterocycles. The fourth-order valence-electron chi connectivity index (χ4n) is 3.05. The van der Waals surface area contributed by atoms with Crippen LogP contribution in [0.5, 0.6) is 0 Å². The van der Waals surface area contributed by atoms with E-state index in [9.17, 15) is 13.2 Å². The number of carbonyl (C=O) groups excluding carboxylic acids is 1. The molecule has 0 radical (unpaired) electrons. The lowest BCUT2D eigenvalue weighted by Crippen LogP contribution is -2.13. The minimum atomic E-state index is -3.36.